The van der Waals surface area contributed by atoms with Crippen LogP contribution in [0.1, 0.15) is 10.4 Å². The quantitative estimate of drug-likeness (QED) is 0.686. The SMILES string of the molecule is O=C(O)c1cnc(Oc2ccccc2Cl)c([N+](=O)[O-])c1. The molecule has 2 rings (SSSR count). The van der Waals surface area contributed by atoms with Gasteiger partial charge in [0, 0.05) is 12.3 Å². The number of carbonyl (C=O) groups is 1. The first-order valence-corrected chi connectivity index (χ1v) is 5.67. The molecule has 0 aliphatic rings. The number of nitrogens with zero attached hydrogens (tertiary/aromatic N) is 2. The average Bonchev–Trinajstić information content (AvgIpc) is 2.41. The summed E-state index contributed by atoms with van der Waals surface area (Å²) in [4.78, 5) is 24.6. The van der Waals surface area contributed by atoms with Crippen LogP contribution in [0.4, 0.5) is 5.69 Å². The van der Waals surface area contributed by atoms with Gasteiger partial charge in [0.2, 0.25) is 0 Å². The van der Waals surface area contributed by atoms with Crippen LogP contribution in [0.5, 0.6) is 11.6 Å². The molecule has 0 atom stereocenters. The van der Waals surface area contributed by atoms with Crippen LogP contribution < -0.4 is 4.74 Å². The van der Waals surface area contributed by atoms with Crippen molar-refractivity contribution < 1.29 is 19.6 Å². The number of ether oxygens (including phenoxy) is 1. The lowest BCUT2D eigenvalue weighted by molar-refractivity contribution is -0.386. The monoisotopic (exact) mass is 294 g/mol. The molecule has 0 bridgehead atoms. The highest BCUT2D eigenvalue weighted by atomic mass is 35.5. The molecule has 1 heterocycles. The minimum Gasteiger partial charge on any atom is -0.478 e. The zero-order chi connectivity index (χ0) is 14.7. The van der Waals surface area contributed by atoms with Gasteiger partial charge in [-0.05, 0) is 12.1 Å². The fourth-order valence-electron chi connectivity index (χ4n) is 1.40. The van der Waals surface area contributed by atoms with Crippen LogP contribution in [0.25, 0.3) is 0 Å². The van der Waals surface area contributed by atoms with Gasteiger partial charge >= 0.3 is 11.7 Å². The number of carboxylic acid groups (broad SMARTS) is 1. The Morgan fingerprint density at radius 1 is 1.40 bits per heavy atom. The van der Waals surface area contributed by atoms with E-state index in [1.165, 1.54) is 6.07 Å². The number of carboxylic acids is 1. The molecule has 0 fully saturated rings. The summed E-state index contributed by atoms with van der Waals surface area (Å²) in [7, 11) is 0. The highest BCUT2D eigenvalue weighted by Crippen LogP contribution is 2.33. The van der Waals surface area contributed by atoms with E-state index in [1.54, 1.807) is 18.2 Å². The number of rotatable bonds is 4. The Kier molecular flexibility index (Phi) is 3.81. The van der Waals surface area contributed by atoms with Gasteiger partial charge < -0.3 is 9.84 Å². The molecule has 20 heavy (non-hydrogen) atoms. The molecule has 0 saturated carbocycles. The first kappa shape index (κ1) is 13.8. The fourth-order valence-corrected chi connectivity index (χ4v) is 1.57. The number of nitro groups is 1. The number of hydrogen-bond donors (Lipinski definition) is 1. The lowest BCUT2D eigenvalue weighted by atomic mass is 10.2. The minimum atomic E-state index is -1.31. The van der Waals surface area contributed by atoms with Crippen LogP contribution in [0, 0.1) is 10.1 Å². The van der Waals surface area contributed by atoms with Crippen molar-refractivity contribution in [2.45, 2.75) is 0 Å². The van der Waals surface area contributed by atoms with Crippen LogP contribution >= 0.6 is 11.6 Å². The third-order valence-electron chi connectivity index (χ3n) is 2.32. The Labute approximate surface area is 117 Å². The van der Waals surface area contributed by atoms with Gasteiger partial charge in [-0.3, -0.25) is 10.1 Å². The smallest absolute Gasteiger partial charge is 0.337 e. The van der Waals surface area contributed by atoms with Gasteiger partial charge in [-0.1, -0.05) is 23.7 Å². The number of hydrogen-bond acceptors (Lipinski definition) is 5. The second-order valence-corrected chi connectivity index (χ2v) is 4.05. The Balaban J connectivity index is 2.44. The lowest BCUT2D eigenvalue weighted by Crippen LogP contribution is -2.02. The normalized spacial score (nSPS) is 10.1. The average molecular weight is 295 g/mol. The number of aromatic carboxylic acids is 1. The van der Waals surface area contributed by atoms with E-state index in [-0.39, 0.29) is 22.2 Å². The first-order chi connectivity index (χ1) is 9.49. The van der Waals surface area contributed by atoms with E-state index >= 15 is 0 Å². The zero-order valence-corrected chi connectivity index (χ0v) is 10.6. The second-order valence-electron chi connectivity index (χ2n) is 3.64. The van der Waals surface area contributed by atoms with Crippen LogP contribution in [-0.2, 0) is 0 Å². The summed E-state index contributed by atoms with van der Waals surface area (Å²) in [6.45, 7) is 0. The molecule has 7 nitrogen and oxygen atoms in total. The lowest BCUT2D eigenvalue weighted by Gasteiger charge is -2.06. The molecule has 0 aliphatic carbocycles. The molecule has 1 aromatic heterocycles. The van der Waals surface area contributed by atoms with Crippen LogP contribution in [0.2, 0.25) is 5.02 Å². The third kappa shape index (κ3) is 2.83. The van der Waals surface area contributed by atoms with E-state index in [9.17, 15) is 14.9 Å². The molecule has 8 heteroatoms. The summed E-state index contributed by atoms with van der Waals surface area (Å²) in [5.41, 5.74) is -0.854. The summed E-state index contributed by atoms with van der Waals surface area (Å²) in [6, 6.07) is 7.25. The first-order valence-electron chi connectivity index (χ1n) is 5.29. The number of halogens is 1. The van der Waals surface area contributed by atoms with Gasteiger partial charge in [0.1, 0.15) is 5.75 Å². The molecule has 0 spiro atoms. The Morgan fingerprint density at radius 3 is 2.70 bits per heavy atom. The number of pyridine rings is 1. The van der Waals surface area contributed by atoms with E-state index in [0.29, 0.717) is 0 Å². The van der Waals surface area contributed by atoms with Crippen molar-refractivity contribution in [2.24, 2.45) is 0 Å². The molecular formula is C12H7ClN2O5. The van der Waals surface area contributed by atoms with Crippen LogP contribution in [0.15, 0.2) is 36.5 Å². The van der Waals surface area contributed by atoms with E-state index in [2.05, 4.69) is 4.98 Å². The Hall–Kier alpha value is -2.67. The van der Waals surface area contributed by atoms with Gasteiger partial charge in [-0.15, -0.1) is 0 Å². The number of benzene rings is 1. The van der Waals surface area contributed by atoms with E-state index in [0.717, 1.165) is 12.3 Å². The molecule has 102 valence electrons. The zero-order valence-electron chi connectivity index (χ0n) is 9.82. The van der Waals surface area contributed by atoms with Gasteiger partial charge in [0.05, 0.1) is 15.5 Å². The van der Waals surface area contributed by atoms with Gasteiger partial charge in [-0.2, -0.15) is 0 Å². The molecule has 0 unspecified atom stereocenters. The third-order valence-corrected chi connectivity index (χ3v) is 2.63. The predicted molar refractivity (Wildman–Crippen MR) is 69.4 cm³/mol. The van der Waals surface area contributed by atoms with Gasteiger partial charge in [0.25, 0.3) is 5.88 Å². The summed E-state index contributed by atoms with van der Waals surface area (Å²) in [5, 5.41) is 20.0. The van der Waals surface area contributed by atoms with E-state index in [4.69, 9.17) is 21.4 Å². The molecular weight excluding hydrogens is 288 g/mol. The van der Waals surface area contributed by atoms with Gasteiger partial charge in [-0.25, -0.2) is 9.78 Å². The summed E-state index contributed by atoms with van der Waals surface area (Å²) in [5.74, 6) is -1.45. The maximum atomic E-state index is 10.9. The summed E-state index contributed by atoms with van der Waals surface area (Å²) in [6.07, 6.45) is 0.974. The topological polar surface area (TPSA) is 103 Å². The molecule has 0 aliphatic heterocycles. The Bertz CT molecular complexity index is 689. The summed E-state index contributed by atoms with van der Waals surface area (Å²) >= 11 is 5.87. The van der Waals surface area contributed by atoms with E-state index < -0.39 is 16.6 Å². The Morgan fingerprint density at radius 2 is 2.10 bits per heavy atom. The van der Waals surface area contributed by atoms with Crippen molar-refractivity contribution in [2.75, 3.05) is 0 Å². The van der Waals surface area contributed by atoms with Crippen molar-refractivity contribution in [3.05, 3.63) is 57.2 Å². The molecule has 1 aromatic carbocycles. The molecule has 2 aromatic rings. The van der Waals surface area contributed by atoms with Crippen molar-refractivity contribution >= 4 is 23.3 Å². The molecule has 0 radical (unpaired) electrons. The molecule has 1 N–H and O–H groups in total. The van der Waals surface area contributed by atoms with E-state index in [1.807, 2.05) is 0 Å². The number of aromatic nitrogens is 1. The standard InChI is InChI=1S/C12H7ClN2O5/c13-8-3-1-2-4-10(8)20-11-9(15(18)19)5-7(6-14-11)12(16)17/h1-6H,(H,16,17). The molecule has 0 saturated heterocycles. The maximum Gasteiger partial charge on any atom is 0.337 e. The van der Waals surface area contributed by atoms with Crippen LogP contribution in [0.3, 0.4) is 0 Å². The van der Waals surface area contributed by atoms with Crippen molar-refractivity contribution in [3.63, 3.8) is 0 Å². The van der Waals surface area contributed by atoms with Gasteiger partial charge in [0.15, 0.2) is 0 Å². The summed E-state index contributed by atoms with van der Waals surface area (Å²) < 4.78 is 5.26. The fraction of sp³-hybridized carbons (Fsp3) is 0. The van der Waals surface area contributed by atoms with Crippen molar-refractivity contribution in [1.29, 1.82) is 0 Å². The molecule has 0 amide bonds. The number of para-hydroxylation sites is 1. The van der Waals surface area contributed by atoms with Crippen molar-refractivity contribution in [1.82, 2.24) is 4.98 Å². The minimum absolute atomic E-state index is 0.188. The maximum absolute atomic E-state index is 10.9. The van der Waals surface area contributed by atoms with Crippen molar-refractivity contribution in [3.8, 4) is 11.6 Å². The van der Waals surface area contributed by atoms with Crippen LogP contribution in [-0.4, -0.2) is 21.0 Å². The highest BCUT2D eigenvalue weighted by Gasteiger charge is 2.21. The predicted octanol–water partition coefficient (Wildman–Crippen LogP) is 3.13. The highest BCUT2D eigenvalue weighted by molar-refractivity contribution is 6.32. The largest absolute Gasteiger partial charge is 0.478 e. The second kappa shape index (κ2) is 5.54.